The monoisotopic (exact) mass is 170 g/mol. The van der Waals surface area contributed by atoms with Gasteiger partial charge >= 0.3 is 6.09 Å². The normalized spacial score (nSPS) is 34.8. The number of rotatable bonds is 0. The van der Waals surface area contributed by atoms with Crippen molar-refractivity contribution in [3.05, 3.63) is 0 Å². The molecule has 0 unspecified atom stereocenters. The van der Waals surface area contributed by atoms with E-state index < -0.39 is 6.09 Å². The van der Waals surface area contributed by atoms with Gasteiger partial charge in [0, 0.05) is 25.0 Å². The van der Waals surface area contributed by atoms with Gasteiger partial charge < -0.3 is 15.3 Å². The van der Waals surface area contributed by atoms with E-state index in [1.807, 2.05) is 0 Å². The Hall–Kier alpha value is -0.770. The Morgan fingerprint density at radius 1 is 1.50 bits per heavy atom. The van der Waals surface area contributed by atoms with Crippen molar-refractivity contribution in [1.82, 2.24) is 10.2 Å². The van der Waals surface area contributed by atoms with E-state index in [2.05, 4.69) is 5.32 Å². The van der Waals surface area contributed by atoms with Crippen LogP contribution in [-0.2, 0) is 0 Å². The molecule has 0 aromatic rings. The van der Waals surface area contributed by atoms with Gasteiger partial charge in [-0.1, -0.05) is 0 Å². The summed E-state index contributed by atoms with van der Waals surface area (Å²) in [6, 6.07) is 0. The van der Waals surface area contributed by atoms with Crippen LogP contribution in [0.5, 0.6) is 0 Å². The summed E-state index contributed by atoms with van der Waals surface area (Å²) in [5, 5.41) is 12.1. The Bertz CT molecular complexity index is 199. The molecule has 1 spiro atoms. The molecule has 0 aromatic heterocycles. The number of hydrogen-bond donors (Lipinski definition) is 2. The first-order valence-electron chi connectivity index (χ1n) is 4.41. The van der Waals surface area contributed by atoms with Crippen molar-refractivity contribution in [2.45, 2.75) is 12.8 Å². The van der Waals surface area contributed by atoms with Crippen molar-refractivity contribution in [3.8, 4) is 0 Å². The largest absolute Gasteiger partial charge is 0.465 e. The zero-order valence-electron chi connectivity index (χ0n) is 7.05. The zero-order valence-corrected chi connectivity index (χ0v) is 7.05. The van der Waals surface area contributed by atoms with Crippen LogP contribution in [0.15, 0.2) is 0 Å². The highest BCUT2D eigenvalue weighted by atomic mass is 16.4. The van der Waals surface area contributed by atoms with Gasteiger partial charge in [-0.25, -0.2) is 4.79 Å². The summed E-state index contributed by atoms with van der Waals surface area (Å²) in [6.45, 7) is 3.50. The molecule has 2 saturated heterocycles. The first-order chi connectivity index (χ1) is 5.72. The molecule has 0 radical (unpaired) electrons. The van der Waals surface area contributed by atoms with Crippen LogP contribution in [0.25, 0.3) is 0 Å². The van der Waals surface area contributed by atoms with E-state index in [1.54, 1.807) is 0 Å². The quantitative estimate of drug-likeness (QED) is 0.551. The van der Waals surface area contributed by atoms with E-state index in [9.17, 15) is 4.79 Å². The zero-order chi connectivity index (χ0) is 8.60. The van der Waals surface area contributed by atoms with Crippen molar-refractivity contribution in [2.75, 3.05) is 26.2 Å². The van der Waals surface area contributed by atoms with Crippen molar-refractivity contribution < 1.29 is 9.90 Å². The molecule has 1 atom stereocenters. The molecule has 0 aromatic carbocycles. The average Bonchev–Trinajstić information content (AvgIpc) is 2.62. The van der Waals surface area contributed by atoms with E-state index in [0.717, 1.165) is 39.0 Å². The van der Waals surface area contributed by atoms with Gasteiger partial charge in [0.15, 0.2) is 0 Å². The number of amides is 1. The van der Waals surface area contributed by atoms with E-state index in [-0.39, 0.29) is 5.41 Å². The molecule has 1 amide bonds. The third-order valence-electron chi connectivity index (χ3n) is 3.04. The van der Waals surface area contributed by atoms with Crippen molar-refractivity contribution in [3.63, 3.8) is 0 Å². The lowest BCUT2D eigenvalue weighted by Gasteiger charge is -2.20. The molecular weight excluding hydrogens is 156 g/mol. The molecule has 0 aliphatic carbocycles. The molecule has 2 aliphatic heterocycles. The number of likely N-dealkylation sites (tertiary alicyclic amines) is 1. The topological polar surface area (TPSA) is 52.6 Å². The first-order valence-corrected chi connectivity index (χ1v) is 4.41. The number of carbonyl (C=O) groups is 1. The second kappa shape index (κ2) is 2.62. The first kappa shape index (κ1) is 7.86. The van der Waals surface area contributed by atoms with Gasteiger partial charge in [-0.05, 0) is 19.4 Å². The van der Waals surface area contributed by atoms with Gasteiger partial charge in [0.05, 0.1) is 0 Å². The fourth-order valence-electron chi connectivity index (χ4n) is 2.24. The van der Waals surface area contributed by atoms with Gasteiger partial charge in [0.1, 0.15) is 0 Å². The molecule has 2 fully saturated rings. The summed E-state index contributed by atoms with van der Waals surface area (Å²) in [5.74, 6) is 0. The maximum absolute atomic E-state index is 10.6. The predicted octanol–water partition coefficient (Wildman–Crippen LogP) is 0.350. The standard InChI is InChI=1S/C8H14N2O2/c11-7(12)10-4-2-8(6-10)1-3-9-5-8/h9H,1-6H2,(H,11,12)/t8-/m1/s1. The number of nitrogens with zero attached hydrogens (tertiary/aromatic N) is 1. The maximum Gasteiger partial charge on any atom is 0.407 e. The average molecular weight is 170 g/mol. The lowest BCUT2D eigenvalue weighted by atomic mass is 9.87. The van der Waals surface area contributed by atoms with Crippen LogP contribution in [0.1, 0.15) is 12.8 Å². The summed E-state index contributed by atoms with van der Waals surface area (Å²) >= 11 is 0. The Morgan fingerprint density at radius 2 is 2.33 bits per heavy atom. The summed E-state index contributed by atoms with van der Waals surface area (Å²) in [7, 11) is 0. The number of carboxylic acid groups (broad SMARTS) is 1. The van der Waals surface area contributed by atoms with Gasteiger partial charge in [0.25, 0.3) is 0 Å². The predicted molar refractivity (Wildman–Crippen MR) is 44.1 cm³/mol. The number of nitrogens with one attached hydrogen (secondary N) is 1. The van der Waals surface area contributed by atoms with Crippen molar-refractivity contribution >= 4 is 6.09 Å². The van der Waals surface area contributed by atoms with Crippen LogP contribution in [0.2, 0.25) is 0 Å². The van der Waals surface area contributed by atoms with Crippen LogP contribution in [-0.4, -0.2) is 42.3 Å². The molecule has 4 heteroatoms. The molecule has 68 valence electrons. The minimum atomic E-state index is -0.765. The second-order valence-electron chi connectivity index (χ2n) is 3.88. The Kier molecular flexibility index (Phi) is 1.72. The van der Waals surface area contributed by atoms with Gasteiger partial charge in [-0.3, -0.25) is 0 Å². The Balaban J connectivity index is 2.01. The molecular formula is C8H14N2O2. The molecule has 2 rings (SSSR count). The third kappa shape index (κ3) is 1.16. The van der Waals surface area contributed by atoms with E-state index in [4.69, 9.17) is 5.11 Å². The van der Waals surface area contributed by atoms with Crippen LogP contribution in [0.4, 0.5) is 4.79 Å². The molecule has 0 saturated carbocycles. The van der Waals surface area contributed by atoms with Gasteiger partial charge in [-0.2, -0.15) is 0 Å². The summed E-state index contributed by atoms with van der Waals surface area (Å²) in [5.41, 5.74) is 0.276. The molecule has 2 N–H and O–H groups in total. The molecule has 12 heavy (non-hydrogen) atoms. The summed E-state index contributed by atoms with van der Waals surface area (Å²) < 4.78 is 0. The van der Waals surface area contributed by atoms with E-state index in [1.165, 1.54) is 4.90 Å². The lowest BCUT2D eigenvalue weighted by molar-refractivity contribution is 0.150. The highest BCUT2D eigenvalue weighted by molar-refractivity contribution is 5.65. The Labute approximate surface area is 71.5 Å². The van der Waals surface area contributed by atoms with Crippen molar-refractivity contribution in [2.24, 2.45) is 5.41 Å². The maximum atomic E-state index is 10.6. The SMILES string of the molecule is O=C(O)N1CC[C@@]2(CCNC2)C1. The highest BCUT2D eigenvalue weighted by Crippen LogP contribution is 2.35. The van der Waals surface area contributed by atoms with Crippen LogP contribution in [0.3, 0.4) is 0 Å². The summed E-state index contributed by atoms with van der Waals surface area (Å²) in [4.78, 5) is 12.2. The van der Waals surface area contributed by atoms with E-state index >= 15 is 0 Å². The second-order valence-corrected chi connectivity index (χ2v) is 3.88. The fourth-order valence-corrected chi connectivity index (χ4v) is 2.24. The van der Waals surface area contributed by atoms with Crippen LogP contribution < -0.4 is 5.32 Å². The number of hydrogen-bond acceptors (Lipinski definition) is 2. The Morgan fingerprint density at radius 3 is 2.83 bits per heavy atom. The van der Waals surface area contributed by atoms with Gasteiger partial charge in [0.2, 0.25) is 0 Å². The highest BCUT2D eigenvalue weighted by Gasteiger charge is 2.41. The van der Waals surface area contributed by atoms with Gasteiger partial charge in [-0.15, -0.1) is 0 Å². The fraction of sp³-hybridized carbons (Fsp3) is 0.875. The minimum absolute atomic E-state index is 0.276. The smallest absolute Gasteiger partial charge is 0.407 e. The third-order valence-corrected chi connectivity index (χ3v) is 3.04. The molecule has 2 aliphatic rings. The minimum Gasteiger partial charge on any atom is -0.465 e. The van der Waals surface area contributed by atoms with Crippen LogP contribution in [0, 0.1) is 5.41 Å². The van der Waals surface area contributed by atoms with E-state index in [0.29, 0.717) is 0 Å². The molecule has 4 nitrogen and oxygen atoms in total. The van der Waals surface area contributed by atoms with Crippen LogP contribution >= 0.6 is 0 Å². The van der Waals surface area contributed by atoms with Crippen molar-refractivity contribution in [1.29, 1.82) is 0 Å². The lowest BCUT2D eigenvalue weighted by Crippen LogP contribution is -2.32. The molecule has 0 bridgehead atoms. The summed E-state index contributed by atoms with van der Waals surface area (Å²) in [6.07, 6.45) is 1.40. The molecule has 2 heterocycles.